The van der Waals surface area contributed by atoms with Gasteiger partial charge in [0, 0.05) is 31.6 Å². The molecule has 1 aliphatic rings. The molecule has 0 saturated heterocycles. The van der Waals surface area contributed by atoms with Gasteiger partial charge in [-0.2, -0.15) is 5.10 Å². The fourth-order valence-corrected chi connectivity index (χ4v) is 2.59. The third-order valence-electron chi connectivity index (χ3n) is 3.81. The zero-order valence-corrected chi connectivity index (χ0v) is 13.0. The largest absolute Gasteiger partial charge is 0.478 e. The minimum Gasteiger partial charge on any atom is -0.478 e. The van der Waals surface area contributed by atoms with Gasteiger partial charge in [0.2, 0.25) is 5.88 Å². The summed E-state index contributed by atoms with van der Waals surface area (Å²) in [6.45, 7) is 6.13. The fraction of sp³-hybridized carbons (Fsp3) is 0.412. The van der Waals surface area contributed by atoms with Crippen LogP contribution in [0.3, 0.4) is 0 Å². The van der Waals surface area contributed by atoms with Crippen molar-refractivity contribution >= 4 is 5.91 Å². The Hall–Kier alpha value is -2.30. The highest BCUT2D eigenvalue weighted by molar-refractivity contribution is 5.92. The number of hydrogen-bond acceptors (Lipinski definition) is 3. The third-order valence-corrected chi connectivity index (χ3v) is 3.81. The lowest BCUT2D eigenvalue weighted by molar-refractivity contribution is 0.0683. The summed E-state index contributed by atoms with van der Waals surface area (Å²) in [5.41, 5.74) is 1.58. The summed E-state index contributed by atoms with van der Waals surface area (Å²) in [6, 6.07) is 11.9. The van der Waals surface area contributed by atoms with Crippen LogP contribution in [0.4, 0.5) is 0 Å². The van der Waals surface area contributed by atoms with Crippen molar-refractivity contribution in [3.63, 3.8) is 0 Å². The quantitative estimate of drug-likeness (QED) is 0.872. The number of rotatable bonds is 4. The summed E-state index contributed by atoms with van der Waals surface area (Å²) in [5, 5.41) is 4.40. The van der Waals surface area contributed by atoms with Crippen LogP contribution < -0.4 is 4.74 Å². The van der Waals surface area contributed by atoms with E-state index < -0.39 is 0 Å². The number of carbonyl (C=O) groups is 1. The maximum absolute atomic E-state index is 12.8. The highest BCUT2D eigenvalue weighted by Crippen LogP contribution is 2.20. The molecule has 1 aliphatic heterocycles. The molecule has 5 nitrogen and oxygen atoms in total. The Bertz CT molecular complexity index is 626. The molecule has 0 aliphatic carbocycles. The molecule has 116 valence electrons. The van der Waals surface area contributed by atoms with Gasteiger partial charge >= 0.3 is 0 Å². The molecule has 3 rings (SSSR count). The summed E-state index contributed by atoms with van der Waals surface area (Å²) in [6.07, 6.45) is 0.931. The maximum atomic E-state index is 12.8. The average molecular weight is 299 g/mol. The van der Waals surface area contributed by atoms with Gasteiger partial charge in [0.1, 0.15) is 0 Å². The van der Waals surface area contributed by atoms with E-state index in [-0.39, 0.29) is 11.9 Å². The Kier molecular flexibility index (Phi) is 4.13. The molecule has 5 heteroatoms. The number of nitrogens with zero attached hydrogens (tertiary/aromatic N) is 3. The normalized spacial score (nSPS) is 13.6. The van der Waals surface area contributed by atoms with Crippen LogP contribution in [0.25, 0.3) is 0 Å². The van der Waals surface area contributed by atoms with Gasteiger partial charge in [-0.3, -0.25) is 4.79 Å². The third kappa shape index (κ3) is 2.98. The predicted octanol–water partition coefficient (Wildman–Crippen LogP) is 2.72. The molecule has 2 aromatic rings. The molecule has 0 N–H and O–H groups in total. The van der Waals surface area contributed by atoms with E-state index in [9.17, 15) is 4.79 Å². The summed E-state index contributed by atoms with van der Waals surface area (Å²) < 4.78 is 7.32. The van der Waals surface area contributed by atoms with E-state index in [1.54, 1.807) is 10.7 Å². The van der Waals surface area contributed by atoms with Gasteiger partial charge in [0.15, 0.2) is 5.69 Å². The Morgan fingerprint density at radius 3 is 2.82 bits per heavy atom. The lowest BCUT2D eigenvalue weighted by Crippen LogP contribution is -2.36. The number of amides is 1. The van der Waals surface area contributed by atoms with Crippen molar-refractivity contribution in [3.05, 3.63) is 47.7 Å². The van der Waals surface area contributed by atoms with Crippen LogP contribution in [0.2, 0.25) is 0 Å². The molecule has 1 aromatic carbocycles. The molecule has 1 amide bonds. The second-order valence-corrected chi connectivity index (χ2v) is 5.81. The van der Waals surface area contributed by atoms with Crippen molar-refractivity contribution in [2.45, 2.75) is 39.4 Å². The van der Waals surface area contributed by atoms with E-state index in [1.807, 2.05) is 49.1 Å². The number of benzene rings is 1. The van der Waals surface area contributed by atoms with Crippen LogP contribution in [0, 0.1) is 0 Å². The Morgan fingerprint density at radius 2 is 2.14 bits per heavy atom. The number of ether oxygens (including phenoxy) is 1. The Labute approximate surface area is 130 Å². The number of aromatic nitrogens is 2. The first-order valence-electron chi connectivity index (χ1n) is 7.70. The summed E-state index contributed by atoms with van der Waals surface area (Å²) in [4.78, 5) is 14.6. The van der Waals surface area contributed by atoms with Gasteiger partial charge in [-0.25, -0.2) is 4.68 Å². The topological polar surface area (TPSA) is 47.4 Å². The molecule has 0 fully saturated rings. The van der Waals surface area contributed by atoms with Crippen molar-refractivity contribution in [1.82, 2.24) is 14.7 Å². The second-order valence-electron chi connectivity index (χ2n) is 5.81. The van der Waals surface area contributed by atoms with Crippen molar-refractivity contribution in [3.8, 4) is 5.88 Å². The second kappa shape index (κ2) is 6.22. The van der Waals surface area contributed by atoms with E-state index >= 15 is 0 Å². The Morgan fingerprint density at radius 1 is 1.36 bits per heavy atom. The van der Waals surface area contributed by atoms with Crippen molar-refractivity contribution in [2.24, 2.45) is 0 Å². The van der Waals surface area contributed by atoms with E-state index in [0.717, 1.165) is 18.5 Å². The van der Waals surface area contributed by atoms with E-state index in [0.29, 0.717) is 24.7 Å². The molecule has 0 atom stereocenters. The first-order chi connectivity index (χ1) is 10.6. The summed E-state index contributed by atoms with van der Waals surface area (Å²) in [7, 11) is 0. The molecule has 0 saturated carbocycles. The van der Waals surface area contributed by atoms with Crippen LogP contribution in [-0.4, -0.2) is 33.2 Å². The van der Waals surface area contributed by atoms with Crippen molar-refractivity contribution in [1.29, 1.82) is 0 Å². The standard InChI is InChI=1S/C17H21N3O2/c1-13(2)19(12-14-7-4-3-5-8-14)17(21)15-11-16-20(18-15)9-6-10-22-16/h3-5,7-8,11,13H,6,9-10,12H2,1-2H3. The van der Waals surface area contributed by atoms with Gasteiger partial charge in [0.05, 0.1) is 6.61 Å². The zero-order valence-electron chi connectivity index (χ0n) is 13.0. The van der Waals surface area contributed by atoms with Gasteiger partial charge in [-0.1, -0.05) is 30.3 Å². The van der Waals surface area contributed by atoms with Crippen LogP contribution in [0.1, 0.15) is 36.3 Å². The molecule has 0 bridgehead atoms. The number of fused-ring (bicyclic) bond motifs is 1. The lowest BCUT2D eigenvalue weighted by Gasteiger charge is -2.26. The SMILES string of the molecule is CC(C)N(Cc1ccccc1)C(=O)c1cc2n(n1)CCCO2. The maximum Gasteiger partial charge on any atom is 0.275 e. The minimum absolute atomic E-state index is 0.0515. The molecule has 2 heterocycles. The fourth-order valence-electron chi connectivity index (χ4n) is 2.59. The lowest BCUT2D eigenvalue weighted by atomic mass is 10.1. The van der Waals surface area contributed by atoms with Crippen LogP contribution in [-0.2, 0) is 13.1 Å². The minimum atomic E-state index is -0.0515. The van der Waals surface area contributed by atoms with E-state index in [1.165, 1.54) is 0 Å². The summed E-state index contributed by atoms with van der Waals surface area (Å²) >= 11 is 0. The van der Waals surface area contributed by atoms with Crippen LogP contribution >= 0.6 is 0 Å². The Balaban J connectivity index is 1.82. The van der Waals surface area contributed by atoms with Gasteiger partial charge in [-0.15, -0.1) is 0 Å². The zero-order chi connectivity index (χ0) is 15.5. The van der Waals surface area contributed by atoms with Gasteiger partial charge in [-0.05, 0) is 19.4 Å². The monoisotopic (exact) mass is 299 g/mol. The highest BCUT2D eigenvalue weighted by Gasteiger charge is 2.24. The summed E-state index contributed by atoms with van der Waals surface area (Å²) in [5.74, 6) is 0.641. The first-order valence-corrected chi connectivity index (χ1v) is 7.70. The molecule has 0 unspecified atom stereocenters. The molecule has 22 heavy (non-hydrogen) atoms. The van der Waals surface area contributed by atoms with Crippen LogP contribution in [0.15, 0.2) is 36.4 Å². The van der Waals surface area contributed by atoms with Gasteiger partial charge in [0.25, 0.3) is 5.91 Å². The molecular formula is C17H21N3O2. The molecule has 0 radical (unpaired) electrons. The van der Waals surface area contributed by atoms with Crippen molar-refractivity contribution < 1.29 is 9.53 Å². The van der Waals surface area contributed by atoms with Gasteiger partial charge < -0.3 is 9.64 Å². The average Bonchev–Trinajstić information content (AvgIpc) is 2.97. The van der Waals surface area contributed by atoms with Crippen LogP contribution in [0.5, 0.6) is 5.88 Å². The van der Waals surface area contributed by atoms with E-state index in [4.69, 9.17) is 4.74 Å². The number of hydrogen-bond donors (Lipinski definition) is 0. The number of carbonyl (C=O) groups excluding carboxylic acids is 1. The molecule has 0 spiro atoms. The van der Waals surface area contributed by atoms with Crippen molar-refractivity contribution in [2.75, 3.05) is 6.61 Å². The smallest absolute Gasteiger partial charge is 0.275 e. The van der Waals surface area contributed by atoms with E-state index in [2.05, 4.69) is 5.10 Å². The molecular weight excluding hydrogens is 278 g/mol. The first kappa shape index (κ1) is 14.6. The molecule has 1 aromatic heterocycles. The predicted molar refractivity (Wildman–Crippen MR) is 83.8 cm³/mol. The highest BCUT2D eigenvalue weighted by atomic mass is 16.5. The number of aryl methyl sites for hydroxylation is 1.